The van der Waals surface area contributed by atoms with Crippen molar-refractivity contribution in [3.05, 3.63) is 29.3 Å². The highest BCUT2D eigenvalue weighted by molar-refractivity contribution is 6.23. The first-order valence-electron chi connectivity index (χ1n) is 6.91. The Bertz CT molecular complexity index is 538. The molecule has 3 N–H and O–H groups in total. The Balaban J connectivity index is 1.63. The maximum Gasteiger partial charge on any atom is 0.261 e. The predicted octanol–water partition coefficient (Wildman–Crippen LogP) is -0.113. The van der Waals surface area contributed by atoms with Crippen LogP contribution in [0.25, 0.3) is 0 Å². The molecule has 0 atom stereocenters. The highest BCUT2D eigenvalue weighted by Gasteiger charge is 2.29. The van der Waals surface area contributed by atoms with E-state index < -0.39 is 0 Å². The fourth-order valence-corrected chi connectivity index (χ4v) is 2.65. The summed E-state index contributed by atoms with van der Waals surface area (Å²) in [6.07, 6.45) is 0. The van der Waals surface area contributed by atoms with E-state index in [1.807, 2.05) is 6.07 Å². The average molecular weight is 274 g/mol. The second kappa shape index (κ2) is 5.60. The van der Waals surface area contributed by atoms with Crippen LogP contribution in [0.1, 0.15) is 20.7 Å². The lowest BCUT2D eigenvalue weighted by Crippen LogP contribution is -2.45. The van der Waals surface area contributed by atoms with Crippen LogP contribution in [-0.2, 0) is 0 Å². The van der Waals surface area contributed by atoms with Gasteiger partial charge in [0.2, 0.25) is 0 Å². The fraction of sp³-hybridized carbons (Fsp3) is 0.429. The number of nitrogens with zero attached hydrogens (tertiary/aromatic N) is 1. The summed E-state index contributed by atoms with van der Waals surface area (Å²) >= 11 is 0. The topological polar surface area (TPSA) is 73.5 Å². The number of anilines is 1. The van der Waals surface area contributed by atoms with E-state index in [0.29, 0.717) is 11.1 Å². The molecule has 1 aromatic carbocycles. The summed E-state index contributed by atoms with van der Waals surface area (Å²) < 4.78 is 0. The third-order valence-corrected chi connectivity index (χ3v) is 3.72. The molecule has 0 unspecified atom stereocenters. The summed E-state index contributed by atoms with van der Waals surface area (Å²) in [4.78, 5) is 25.7. The molecule has 2 heterocycles. The Morgan fingerprint density at radius 2 is 1.95 bits per heavy atom. The Labute approximate surface area is 117 Å². The summed E-state index contributed by atoms with van der Waals surface area (Å²) in [6.45, 7) is 5.84. The highest BCUT2D eigenvalue weighted by Crippen LogP contribution is 2.23. The minimum atomic E-state index is -0.310. The third-order valence-electron chi connectivity index (χ3n) is 3.72. The van der Waals surface area contributed by atoms with Crippen molar-refractivity contribution < 1.29 is 9.59 Å². The van der Waals surface area contributed by atoms with Crippen molar-refractivity contribution >= 4 is 17.5 Å². The molecule has 1 fully saturated rings. The molecular formula is C14H18N4O2. The van der Waals surface area contributed by atoms with E-state index in [1.165, 1.54) is 0 Å². The van der Waals surface area contributed by atoms with E-state index in [-0.39, 0.29) is 11.8 Å². The lowest BCUT2D eigenvalue weighted by atomic mass is 10.1. The van der Waals surface area contributed by atoms with Gasteiger partial charge in [-0.1, -0.05) is 6.07 Å². The molecule has 20 heavy (non-hydrogen) atoms. The molecule has 0 bridgehead atoms. The SMILES string of the molecule is O=C1NC(=O)c2c(NCCN3CCNCC3)cccc21. The van der Waals surface area contributed by atoms with Crippen molar-refractivity contribution in [3.8, 4) is 0 Å². The number of rotatable bonds is 4. The van der Waals surface area contributed by atoms with Crippen LogP contribution in [0.4, 0.5) is 5.69 Å². The normalized spacial score (nSPS) is 18.8. The first-order chi connectivity index (χ1) is 9.75. The van der Waals surface area contributed by atoms with E-state index in [2.05, 4.69) is 20.9 Å². The van der Waals surface area contributed by atoms with Crippen molar-refractivity contribution in [1.29, 1.82) is 0 Å². The van der Waals surface area contributed by atoms with Crippen molar-refractivity contribution in [2.75, 3.05) is 44.6 Å². The third kappa shape index (κ3) is 2.52. The Kier molecular flexibility index (Phi) is 3.66. The molecule has 3 rings (SSSR count). The minimum Gasteiger partial charge on any atom is -0.383 e. The van der Waals surface area contributed by atoms with Crippen LogP contribution in [0.5, 0.6) is 0 Å². The molecular weight excluding hydrogens is 256 g/mol. The highest BCUT2D eigenvalue weighted by atomic mass is 16.2. The summed E-state index contributed by atoms with van der Waals surface area (Å²) in [6, 6.07) is 5.32. The fourth-order valence-electron chi connectivity index (χ4n) is 2.65. The molecule has 106 valence electrons. The van der Waals surface area contributed by atoms with E-state index in [1.54, 1.807) is 12.1 Å². The number of hydrogen-bond acceptors (Lipinski definition) is 5. The molecule has 0 saturated carbocycles. The first kappa shape index (κ1) is 13.1. The second-order valence-corrected chi connectivity index (χ2v) is 5.03. The van der Waals surface area contributed by atoms with Gasteiger partial charge in [-0.15, -0.1) is 0 Å². The monoisotopic (exact) mass is 274 g/mol. The molecule has 2 aliphatic heterocycles. The molecule has 2 aliphatic rings. The van der Waals surface area contributed by atoms with Gasteiger partial charge >= 0.3 is 0 Å². The Morgan fingerprint density at radius 3 is 2.75 bits per heavy atom. The number of nitrogens with one attached hydrogen (secondary N) is 3. The van der Waals surface area contributed by atoms with Gasteiger partial charge in [0.1, 0.15) is 0 Å². The standard InChI is InChI=1S/C14H18N4O2/c19-13-10-2-1-3-11(12(10)14(20)17-13)16-6-9-18-7-4-15-5-8-18/h1-3,15-16H,4-9H2,(H,17,19,20). The maximum absolute atomic E-state index is 11.8. The summed E-state index contributed by atoms with van der Waals surface area (Å²) in [5, 5.41) is 8.91. The van der Waals surface area contributed by atoms with Crippen LogP contribution < -0.4 is 16.0 Å². The van der Waals surface area contributed by atoms with Crippen LogP contribution in [-0.4, -0.2) is 56.0 Å². The zero-order valence-electron chi connectivity index (χ0n) is 11.2. The van der Waals surface area contributed by atoms with Crippen molar-refractivity contribution in [1.82, 2.24) is 15.5 Å². The number of piperazine rings is 1. The van der Waals surface area contributed by atoms with Crippen LogP contribution in [0.3, 0.4) is 0 Å². The van der Waals surface area contributed by atoms with Crippen LogP contribution in [0, 0.1) is 0 Å². The Hall–Kier alpha value is -1.92. The number of fused-ring (bicyclic) bond motifs is 1. The predicted molar refractivity (Wildman–Crippen MR) is 76.0 cm³/mol. The molecule has 1 aromatic rings. The molecule has 6 heteroatoms. The number of amides is 2. The van der Waals surface area contributed by atoms with E-state index in [9.17, 15) is 9.59 Å². The van der Waals surface area contributed by atoms with Crippen molar-refractivity contribution in [2.45, 2.75) is 0 Å². The first-order valence-corrected chi connectivity index (χ1v) is 6.91. The number of carbonyl (C=O) groups excluding carboxylic acids is 2. The largest absolute Gasteiger partial charge is 0.383 e. The Morgan fingerprint density at radius 1 is 1.15 bits per heavy atom. The molecule has 2 amide bonds. The number of imide groups is 1. The van der Waals surface area contributed by atoms with Crippen molar-refractivity contribution in [2.24, 2.45) is 0 Å². The lowest BCUT2D eigenvalue weighted by molar-refractivity contribution is 0.0880. The second-order valence-electron chi connectivity index (χ2n) is 5.03. The van der Waals surface area contributed by atoms with Gasteiger partial charge in [-0.2, -0.15) is 0 Å². The lowest BCUT2D eigenvalue weighted by Gasteiger charge is -2.27. The zero-order chi connectivity index (χ0) is 13.9. The maximum atomic E-state index is 11.8. The molecule has 1 saturated heterocycles. The average Bonchev–Trinajstić information content (AvgIpc) is 2.76. The van der Waals surface area contributed by atoms with Gasteiger partial charge in [0.25, 0.3) is 11.8 Å². The van der Waals surface area contributed by atoms with E-state index in [4.69, 9.17) is 0 Å². The molecule has 0 spiro atoms. The quantitative estimate of drug-likeness (QED) is 0.668. The summed E-state index contributed by atoms with van der Waals surface area (Å²) in [5.41, 5.74) is 1.67. The van der Waals surface area contributed by atoms with Gasteiger partial charge in [-0.05, 0) is 12.1 Å². The van der Waals surface area contributed by atoms with Crippen molar-refractivity contribution in [3.63, 3.8) is 0 Å². The minimum absolute atomic E-state index is 0.309. The zero-order valence-corrected chi connectivity index (χ0v) is 11.2. The molecule has 6 nitrogen and oxygen atoms in total. The van der Waals surface area contributed by atoms with Gasteiger partial charge in [-0.25, -0.2) is 0 Å². The van der Waals surface area contributed by atoms with Crippen LogP contribution >= 0.6 is 0 Å². The van der Waals surface area contributed by atoms with Crippen LogP contribution in [0.15, 0.2) is 18.2 Å². The van der Waals surface area contributed by atoms with Gasteiger partial charge in [0, 0.05) is 45.0 Å². The smallest absolute Gasteiger partial charge is 0.261 e. The molecule has 0 radical (unpaired) electrons. The summed E-state index contributed by atoms with van der Waals surface area (Å²) in [5.74, 6) is -0.619. The van der Waals surface area contributed by atoms with E-state index >= 15 is 0 Å². The number of hydrogen-bond donors (Lipinski definition) is 3. The molecule has 0 aromatic heterocycles. The summed E-state index contributed by atoms with van der Waals surface area (Å²) in [7, 11) is 0. The van der Waals surface area contributed by atoms with Gasteiger partial charge in [0.05, 0.1) is 11.1 Å². The van der Waals surface area contributed by atoms with Gasteiger partial charge in [-0.3, -0.25) is 19.8 Å². The molecule has 0 aliphatic carbocycles. The van der Waals surface area contributed by atoms with E-state index in [0.717, 1.165) is 45.0 Å². The number of benzene rings is 1. The van der Waals surface area contributed by atoms with Gasteiger partial charge in [0.15, 0.2) is 0 Å². The number of carbonyl (C=O) groups is 2. The van der Waals surface area contributed by atoms with Gasteiger partial charge < -0.3 is 10.6 Å². The van der Waals surface area contributed by atoms with Crippen LogP contribution in [0.2, 0.25) is 0 Å².